The molecule has 2 rings (SSSR count). The molecule has 0 aromatic rings. The number of carboxylic acids is 2. The lowest BCUT2D eigenvalue weighted by Gasteiger charge is -2.24. The van der Waals surface area contributed by atoms with Gasteiger partial charge in [-0.3, -0.25) is 9.59 Å². The second-order valence-electron chi connectivity index (χ2n) is 6.78. The van der Waals surface area contributed by atoms with Gasteiger partial charge in [0.05, 0.1) is 11.8 Å². The van der Waals surface area contributed by atoms with Crippen molar-refractivity contribution in [2.24, 2.45) is 11.8 Å². The van der Waals surface area contributed by atoms with Gasteiger partial charge in [-0.2, -0.15) is 0 Å². The number of nitrogens with zero attached hydrogens (tertiary/aromatic N) is 1. The van der Waals surface area contributed by atoms with Gasteiger partial charge in [0.2, 0.25) is 0 Å². The SMILES string of the molecule is C.CC(C)(C)OC(=O)N1CCC(C(=O)O)C1.O=C(O)C1CCNC1. The Morgan fingerprint density at radius 3 is 2.00 bits per heavy atom. The van der Waals surface area contributed by atoms with Crippen molar-refractivity contribution in [3.05, 3.63) is 0 Å². The summed E-state index contributed by atoms with van der Waals surface area (Å²) in [5.41, 5.74) is -0.529. The number of ether oxygens (including phenoxy) is 1. The number of aliphatic carboxylic acids is 2. The number of hydrogen-bond donors (Lipinski definition) is 3. The number of hydrogen-bond acceptors (Lipinski definition) is 5. The van der Waals surface area contributed by atoms with Crippen LogP contribution in [0.5, 0.6) is 0 Å². The first-order valence-electron chi connectivity index (χ1n) is 7.74. The number of likely N-dealkylation sites (tertiary alicyclic amines) is 1. The molecule has 2 fully saturated rings. The Labute approximate surface area is 143 Å². The minimum absolute atomic E-state index is 0. The third kappa shape index (κ3) is 7.63. The molecule has 3 N–H and O–H groups in total. The monoisotopic (exact) mass is 346 g/mol. The van der Waals surface area contributed by atoms with Gasteiger partial charge in [0.1, 0.15) is 5.60 Å². The highest BCUT2D eigenvalue weighted by molar-refractivity contribution is 5.74. The molecular formula is C16H30N2O6. The number of carbonyl (C=O) groups is 3. The molecule has 0 bridgehead atoms. The highest BCUT2D eigenvalue weighted by Crippen LogP contribution is 2.19. The first-order chi connectivity index (χ1) is 10.6. The van der Waals surface area contributed by atoms with E-state index in [0.29, 0.717) is 19.5 Å². The molecule has 0 aromatic carbocycles. The summed E-state index contributed by atoms with van der Waals surface area (Å²) in [4.78, 5) is 33.8. The fraction of sp³-hybridized carbons (Fsp3) is 0.812. The summed E-state index contributed by atoms with van der Waals surface area (Å²) in [6, 6.07) is 0. The maximum Gasteiger partial charge on any atom is 0.410 e. The van der Waals surface area contributed by atoms with Crippen LogP contribution in [0.4, 0.5) is 4.79 Å². The molecule has 0 aromatic heterocycles. The van der Waals surface area contributed by atoms with Crippen LogP contribution >= 0.6 is 0 Å². The van der Waals surface area contributed by atoms with E-state index in [-0.39, 0.29) is 19.9 Å². The van der Waals surface area contributed by atoms with Crippen LogP contribution in [0.2, 0.25) is 0 Å². The summed E-state index contributed by atoms with van der Waals surface area (Å²) in [5.74, 6) is -2.09. The lowest BCUT2D eigenvalue weighted by atomic mass is 10.1. The van der Waals surface area contributed by atoms with Crippen molar-refractivity contribution in [2.75, 3.05) is 26.2 Å². The Hall–Kier alpha value is -1.83. The first kappa shape index (κ1) is 22.2. The average Bonchev–Trinajstić information content (AvgIpc) is 3.09. The van der Waals surface area contributed by atoms with Gasteiger partial charge in [0.15, 0.2) is 0 Å². The fourth-order valence-electron chi connectivity index (χ4n) is 2.32. The molecule has 8 heteroatoms. The Kier molecular flexibility index (Phi) is 8.74. The van der Waals surface area contributed by atoms with Crippen molar-refractivity contribution >= 4 is 18.0 Å². The van der Waals surface area contributed by atoms with E-state index < -0.39 is 29.6 Å². The molecule has 0 saturated carbocycles. The standard InChI is InChI=1S/C10H17NO4.C5H9NO2.CH4/c1-10(2,3)15-9(14)11-5-4-7(6-11)8(12)13;7-5(8)4-1-2-6-3-4;/h7H,4-6H2,1-3H3,(H,12,13);4,6H,1-3H2,(H,7,8);1H4. The normalized spacial score (nSPS) is 22.9. The van der Waals surface area contributed by atoms with E-state index in [9.17, 15) is 14.4 Å². The van der Waals surface area contributed by atoms with Crippen molar-refractivity contribution in [3.63, 3.8) is 0 Å². The lowest BCUT2D eigenvalue weighted by molar-refractivity contribution is -0.142. The average molecular weight is 346 g/mol. The Morgan fingerprint density at radius 2 is 1.67 bits per heavy atom. The van der Waals surface area contributed by atoms with E-state index in [1.807, 2.05) is 0 Å². The third-order valence-corrected chi connectivity index (χ3v) is 3.60. The van der Waals surface area contributed by atoms with Crippen molar-refractivity contribution < 1.29 is 29.3 Å². The van der Waals surface area contributed by atoms with Gasteiger partial charge in [-0.05, 0) is 40.2 Å². The third-order valence-electron chi connectivity index (χ3n) is 3.60. The number of nitrogens with one attached hydrogen (secondary N) is 1. The number of carbonyl (C=O) groups excluding carboxylic acids is 1. The van der Waals surface area contributed by atoms with E-state index in [2.05, 4.69) is 5.32 Å². The van der Waals surface area contributed by atoms with Gasteiger partial charge in [-0.15, -0.1) is 0 Å². The van der Waals surface area contributed by atoms with E-state index in [4.69, 9.17) is 14.9 Å². The summed E-state index contributed by atoms with van der Waals surface area (Å²) < 4.78 is 5.14. The fourth-order valence-corrected chi connectivity index (χ4v) is 2.32. The molecule has 8 nitrogen and oxygen atoms in total. The highest BCUT2D eigenvalue weighted by Gasteiger charge is 2.33. The maximum absolute atomic E-state index is 11.5. The van der Waals surface area contributed by atoms with Crippen molar-refractivity contribution in [1.29, 1.82) is 0 Å². The van der Waals surface area contributed by atoms with Gasteiger partial charge in [0.25, 0.3) is 0 Å². The zero-order chi connectivity index (χ0) is 17.6. The van der Waals surface area contributed by atoms with Crippen LogP contribution in [0.25, 0.3) is 0 Å². The predicted molar refractivity (Wildman–Crippen MR) is 88.9 cm³/mol. The Morgan fingerprint density at radius 1 is 1.08 bits per heavy atom. The molecule has 2 atom stereocenters. The molecule has 0 radical (unpaired) electrons. The first-order valence-corrected chi connectivity index (χ1v) is 7.74. The van der Waals surface area contributed by atoms with Gasteiger partial charge < -0.3 is 25.2 Å². The Bertz CT molecular complexity index is 440. The van der Waals surface area contributed by atoms with E-state index in [1.54, 1.807) is 20.8 Å². The molecule has 2 unspecified atom stereocenters. The van der Waals surface area contributed by atoms with Crippen molar-refractivity contribution in [2.45, 2.75) is 46.6 Å². The van der Waals surface area contributed by atoms with Crippen molar-refractivity contribution in [1.82, 2.24) is 10.2 Å². The van der Waals surface area contributed by atoms with Crippen LogP contribution < -0.4 is 5.32 Å². The smallest absolute Gasteiger partial charge is 0.410 e. The van der Waals surface area contributed by atoms with E-state index in [0.717, 1.165) is 13.0 Å². The van der Waals surface area contributed by atoms with Gasteiger partial charge in [0, 0.05) is 19.6 Å². The topological polar surface area (TPSA) is 116 Å². The molecule has 2 saturated heterocycles. The van der Waals surface area contributed by atoms with Crippen molar-refractivity contribution in [3.8, 4) is 0 Å². The van der Waals surface area contributed by atoms with E-state index in [1.165, 1.54) is 4.90 Å². The summed E-state index contributed by atoms with van der Waals surface area (Å²) in [5, 5.41) is 20.1. The van der Waals surface area contributed by atoms with Gasteiger partial charge in [-0.1, -0.05) is 7.43 Å². The molecule has 0 aliphatic carbocycles. The molecule has 2 heterocycles. The quantitative estimate of drug-likeness (QED) is 0.696. The van der Waals surface area contributed by atoms with Gasteiger partial charge in [-0.25, -0.2) is 4.79 Å². The summed E-state index contributed by atoms with van der Waals surface area (Å²) >= 11 is 0. The molecule has 24 heavy (non-hydrogen) atoms. The van der Waals surface area contributed by atoms with E-state index >= 15 is 0 Å². The Balaban J connectivity index is 0.000000498. The minimum atomic E-state index is -0.846. The summed E-state index contributed by atoms with van der Waals surface area (Å²) in [6.45, 7) is 7.59. The molecular weight excluding hydrogens is 316 g/mol. The molecule has 2 aliphatic heterocycles. The van der Waals surface area contributed by atoms with Gasteiger partial charge >= 0.3 is 18.0 Å². The summed E-state index contributed by atoms with van der Waals surface area (Å²) in [7, 11) is 0. The molecule has 2 aliphatic rings. The molecule has 140 valence electrons. The van der Waals surface area contributed by atoms with Crippen LogP contribution in [-0.2, 0) is 14.3 Å². The number of rotatable bonds is 2. The summed E-state index contributed by atoms with van der Waals surface area (Å²) in [6.07, 6.45) is 0.871. The zero-order valence-corrected chi connectivity index (χ0v) is 13.9. The largest absolute Gasteiger partial charge is 0.481 e. The predicted octanol–water partition coefficient (Wildman–Crippen LogP) is 1.64. The maximum atomic E-state index is 11.5. The van der Waals surface area contributed by atoms with Crippen LogP contribution in [-0.4, -0.2) is 64.9 Å². The van der Waals surface area contributed by atoms with Crippen LogP contribution in [0.1, 0.15) is 41.0 Å². The molecule has 1 amide bonds. The number of amides is 1. The second kappa shape index (κ2) is 9.46. The van der Waals surface area contributed by atoms with Crippen LogP contribution in [0, 0.1) is 11.8 Å². The molecule has 0 spiro atoms. The highest BCUT2D eigenvalue weighted by atomic mass is 16.6. The number of carboxylic acid groups (broad SMARTS) is 2. The lowest BCUT2D eigenvalue weighted by Crippen LogP contribution is -2.35. The van der Waals surface area contributed by atoms with Crippen LogP contribution in [0.15, 0.2) is 0 Å². The minimum Gasteiger partial charge on any atom is -0.481 e. The van der Waals surface area contributed by atoms with Crippen LogP contribution in [0.3, 0.4) is 0 Å². The second-order valence-corrected chi connectivity index (χ2v) is 6.78. The zero-order valence-electron chi connectivity index (χ0n) is 13.9.